The Morgan fingerprint density at radius 2 is 2.00 bits per heavy atom. The summed E-state index contributed by atoms with van der Waals surface area (Å²) < 4.78 is 0. The quantitative estimate of drug-likeness (QED) is 0.877. The van der Waals surface area contributed by atoms with Crippen molar-refractivity contribution in [2.75, 3.05) is 5.32 Å². The number of benzene rings is 1. The Balaban J connectivity index is 2.04. The standard InChI is InChI=1S/C12H10N2O3S/c15-10(16)6-9-7-18-12(13-9)14-11(17)8-4-2-1-3-5-8/h1-5,7H,6H2,(H,15,16)(H,13,14,17)/p-1. The van der Waals surface area contributed by atoms with Crippen molar-refractivity contribution < 1.29 is 14.7 Å². The first-order valence-corrected chi connectivity index (χ1v) is 6.04. The summed E-state index contributed by atoms with van der Waals surface area (Å²) in [5, 5.41) is 14.9. The third-order valence-corrected chi connectivity index (χ3v) is 2.94. The maximum absolute atomic E-state index is 11.8. The lowest BCUT2D eigenvalue weighted by molar-refractivity contribution is -0.304. The molecule has 1 aromatic carbocycles. The van der Waals surface area contributed by atoms with E-state index in [0.29, 0.717) is 16.4 Å². The second kappa shape index (κ2) is 5.42. The van der Waals surface area contributed by atoms with Gasteiger partial charge in [-0.2, -0.15) is 0 Å². The minimum absolute atomic E-state index is 0.252. The molecule has 0 spiro atoms. The maximum Gasteiger partial charge on any atom is 0.257 e. The number of aliphatic carboxylic acids is 1. The van der Waals surface area contributed by atoms with Gasteiger partial charge in [-0.25, -0.2) is 4.98 Å². The van der Waals surface area contributed by atoms with Gasteiger partial charge in [-0.1, -0.05) is 18.2 Å². The number of carbonyl (C=O) groups excluding carboxylic acids is 2. The van der Waals surface area contributed by atoms with Crippen LogP contribution in [0.4, 0.5) is 5.13 Å². The third kappa shape index (κ3) is 3.14. The molecular formula is C12H9N2O3S-. The molecule has 18 heavy (non-hydrogen) atoms. The Kier molecular flexibility index (Phi) is 3.69. The van der Waals surface area contributed by atoms with Gasteiger partial charge in [0, 0.05) is 23.3 Å². The summed E-state index contributed by atoms with van der Waals surface area (Å²) in [5.74, 6) is -1.47. The molecule has 0 radical (unpaired) electrons. The van der Waals surface area contributed by atoms with E-state index in [1.807, 2.05) is 6.07 Å². The number of carbonyl (C=O) groups is 2. The van der Waals surface area contributed by atoms with E-state index in [9.17, 15) is 14.7 Å². The van der Waals surface area contributed by atoms with Crippen molar-refractivity contribution in [3.8, 4) is 0 Å². The van der Waals surface area contributed by atoms with Crippen LogP contribution < -0.4 is 10.4 Å². The second-order valence-electron chi connectivity index (χ2n) is 3.51. The highest BCUT2D eigenvalue weighted by atomic mass is 32.1. The summed E-state index contributed by atoms with van der Waals surface area (Å²) in [6, 6.07) is 8.71. The fourth-order valence-corrected chi connectivity index (χ4v) is 2.06. The Bertz CT molecular complexity index is 566. The molecule has 2 aromatic rings. The van der Waals surface area contributed by atoms with Gasteiger partial charge in [0.25, 0.3) is 5.91 Å². The zero-order chi connectivity index (χ0) is 13.0. The summed E-state index contributed by atoms with van der Waals surface area (Å²) in [4.78, 5) is 26.1. The van der Waals surface area contributed by atoms with E-state index in [-0.39, 0.29) is 12.3 Å². The van der Waals surface area contributed by atoms with Crippen LogP contribution in [0.3, 0.4) is 0 Å². The SMILES string of the molecule is O=C([O-])Cc1csc(NC(=O)c2ccccc2)n1. The smallest absolute Gasteiger partial charge is 0.257 e. The first kappa shape index (κ1) is 12.3. The number of anilines is 1. The highest BCUT2D eigenvalue weighted by Crippen LogP contribution is 2.16. The number of carboxylic acid groups (broad SMARTS) is 1. The van der Waals surface area contributed by atoms with Crippen molar-refractivity contribution in [1.82, 2.24) is 4.98 Å². The molecule has 0 bridgehead atoms. The maximum atomic E-state index is 11.8. The van der Waals surface area contributed by atoms with Crippen LogP contribution in [0.25, 0.3) is 0 Å². The molecule has 0 aliphatic carbocycles. The molecule has 0 aliphatic rings. The number of hydrogen-bond acceptors (Lipinski definition) is 5. The van der Waals surface area contributed by atoms with E-state index in [4.69, 9.17) is 0 Å². The van der Waals surface area contributed by atoms with Gasteiger partial charge in [-0.3, -0.25) is 10.1 Å². The molecule has 0 unspecified atom stereocenters. The van der Waals surface area contributed by atoms with Gasteiger partial charge >= 0.3 is 0 Å². The molecule has 5 nitrogen and oxygen atoms in total. The van der Waals surface area contributed by atoms with E-state index in [1.54, 1.807) is 29.6 Å². The van der Waals surface area contributed by atoms with Crippen molar-refractivity contribution >= 4 is 28.3 Å². The van der Waals surface area contributed by atoms with Gasteiger partial charge in [0.2, 0.25) is 0 Å². The Labute approximate surface area is 107 Å². The Hall–Kier alpha value is -2.21. The highest BCUT2D eigenvalue weighted by molar-refractivity contribution is 7.14. The fraction of sp³-hybridized carbons (Fsp3) is 0.0833. The largest absolute Gasteiger partial charge is 0.550 e. The summed E-state index contributed by atoms with van der Waals surface area (Å²) in [7, 11) is 0. The summed E-state index contributed by atoms with van der Waals surface area (Å²) in [6.07, 6.45) is -0.252. The van der Waals surface area contributed by atoms with E-state index >= 15 is 0 Å². The minimum Gasteiger partial charge on any atom is -0.550 e. The molecular weight excluding hydrogens is 252 g/mol. The molecule has 1 N–H and O–H groups in total. The van der Waals surface area contributed by atoms with Crippen LogP contribution in [0.15, 0.2) is 35.7 Å². The van der Waals surface area contributed by atoms with Crippen LogP contribution in [0.5, 0.6) is 0 Å². The van der Waals surface area contributed by atoms with Crippen LogP contribution >= 0.6 is 11.3 Å². The van der Waals surface area contributed by atoms with Gasteiger partial charge in [0.1, 0.15) is 0 Å². The zero-order valence-electron chi connectivity index (χ0n) is 9.25. The number of nitrogens with one attached hydrogen (secondary N) is 1. The monoisotopic (exact) mass is 261 g/mol. The molecule has 0 aliphatic heterocycles. The molecule has 1 amide bonds. The first-order valence-electron chi connectivity index (χ1n) is 5.16. The van der Waals surface area contributed by atoms with Crippen LogP contribution in [0, 0.1) is 0 Å². The number of rotatable bonds is 4. The normalized spacial score (nSPS) is 10.0. The van der Waals surface area contributed by atoms with Gasteiger partial charge in [-0.15, -0.1) is 11.3 Å². The number of aromatic nitrogens is 1. The molecule has 0 saturated carbocycles. The van der Waals surface area contributed by atoms with Crippen molar-refractivity contribution in [2.24, 2.45) is 0 Å². The number of hydrogen-bond donors (Lipinski definition) is 1. The van der Waals surface area contributed by atoms with Crippen LogP contribution in [-0.4, -0.2) is 16.9 Å². The molecule has 92 valence electrons. The average molecular weight is 261 g/mol. The third-order valence-electron chi connectivity index (χ3n) is 2.13. The lowest BCUT2D eigenvalue weighted by Gasteiger charge is -2.01. The van der Waals surface area contributed by atoms with Crippen LogP contribution in [-0.2, 0) is 11.2 Å². The van der Waals surface area contributed by atoms with E-state index in [2.05, 4.69) is 10.3 Å². The predicted octanol–water partition coefficient (Wildman–Crippen LogP) is 0.688. The van der Waals surface area contributed by atoms with Gasteiger partial charge in [-0.05, 0) is 12.1 Å². The number of thiazole rings is 1. The first-order chi connectivity index (χ1) is 8.65. The van der Waals surface area contributed by atoms with Crippen LogP contribution in [0.1, 0.15) is 16.1 Å². The lowest BCUT2D eigenvalue weighted by atomic mass is 10.2. The van der Waals surface area contributed by atoms with Crippen molar-refractivity contribution in [1.29, 1.82) is 0 Å². The predicted molar refractivity (Wildman–Crippen MR) is 65.2 cm³/mol. The molecule has 0 fully saturated rings. The molecule has 2 rings (SSSR count). The molecule has 1 heterocycles. The molecule has 0 saturated heterocycles. The van der Waals surface area contributed by atoms with Gasteiger partial charge < -0.3 is 9.90 Å². The minimum atomic E-state index is -1.19. The summed E-state index contributed by atoms with van der Waals surface area (Å²) >= 11 is 1.18. The highest BCUT2D eigenvalue weighted by Gasteiger charge is 2.08. The van der Waals surface area contributed by atoms with E-state index in [1.165, 1.54) is 11.3 Å². The lowest BCUT2D eigenvalue weighted by Crippen LogP contribution is -2.24. The topological polar surface area (TPSA) is 82.1 Å². The van der Waals surface area contributed by atoms with E-state index < -0.39 is 5.97 Å². The van der Waals surface area contributed by atoms with Crippen molar-refractivity contribution in [3.63, 3.8) is 0 Å². The Morgan fingerprint density at radius 1 is 1.28 bits per heavy atom. The number of amides is 1. The average Bonchev–Trinajstić information content (AvgIpc) is 2.76. The summed E-state index contributed by atoms with van der Waals surface area (Å²) in [6.45, 7) is 0. The van der Waals surface area contributed by atoms with Crippen LogP contribution in [0.2, 0.25) is 0 Å². The van der Waals surface area contributed by atoms with Crippen molar-refractivity contribution in [3.05, 3.63) is 47.0 Å². The van der Waals surface area contributed by atoms with E-state index in [0.717, 1.165) is 0 Å². The van der Waals surface area contributed by atoms with Crippen molar-refractivity contribution in [2.45, 2.75) is 6.42 Å². The number of carboxylic acids is 1. The molecule has 1 aromatic heterocycles. The zero-order valence-corrected chi connectivity index (χ0v) is 10.1. The van der Waals surface area contributed by atoms with Gasteiger partial charge in [0.15, 0.2) is 5.13 Å². The second-order valence-corrected chi connectivity index (χ2v) is 4.37. The van der Waals surface area contributed by atoms with Gasteiger partial charge in [0.05, 0.1) is 5.69 Å². The fourth-order valence-electron chi connectivity index (χ4n) is 1.35. The molecule has 0 atom stereocenters. The Morgan fingerprint density at radius 3 is 2.67 bits per heavy atom. The molecule has 6 heteroatoms. The summed E-state index contributed by atoms with van der Waals surface area (Å²) in [5.41, 5.74) is 0.900. The number of nitrogens with zero attached hydrogens (tertiary/aromatic N) is 1.